The SMILES string of the molecule is NCc1ccc(OCCSc2ccccc2)cc1. The molecule has 18 heavy (non-hydrogen) atoms. The second-order valence-corrected chi connectivity index (χ2v) is 5.03. The van der Waals surface area contributed by atoms with Crippen molar-refractivity contribution < 1.29 is 4.74 Å². The predicted molar refractivity (Wildman–Crippen MR) is 77.0 cm³/mol. The van der Waals surface area contributed by atoms with Crippen molar-refractivity contribution in [2.75, 3.05) is 12.4 Å². The Kier molecular flexibility index (Phi) is 5.12. The number of ether oxygens (including phenoxy) is 1. The van der Waals surface area contributed by atoms with Crippen LogP contribution in [-0.2, 0) is 6.54 Å². The average Bonchev–Trinajstić information content (AvgIpc) is 2.45. The topological polar surface area (TPSA) is 35.2 Å². The van der Waals surface area contributed by atoms with Gasteiger partial charge in [-0.05, 0) is 29.8 Å². The molecular weight excluding hydrogens is 242 g/mol. The summed E-state index contributed by atoms with van der Waals surface area (Å²) in [5.41, 5.74) is 6.67. The van der Waals surface area contributed by atoms with Gasteiger partial charge in [0.25, 0.3) is 0 Å². The molecule has 2 rings (SSSR count). The van der Waals surface area contributed by atoms with Crippen molar-refractivity contribution in [1.29, 1.82) is 0 Å². The lowest BCUT2D eigenvalue weighted by molar-refractivity contribution is 0.344. The standard InChI is InChI=1S/C15H17NOS/c16-12-13-6-8-14(9-7-13)17-10-11-18-15-4-2-1-3-5-15/h1-9H,10-12,16H2. The van der Waals surface area contributed by atoms with Crippen LogP contribution >= 0.6 is 11.8 Å². The Morgan fingerprint density at radius 1 is 0.944 bits per heavy atom. The predicted octanol–water partition coefficient (Wildman–Crippen LogP) is 3.32. The molecule has 0 bridgehead atoms. The van der Waals surface area contributed by atoms with E-state index in [1.165, 1.54) is 4.90 Å². The summed E-state index contributed by atoms with van der Waals surface area (Å²) in [6, 6.07) is 18.3. The first kappa shape index (κ1) is 13.0. The molecule has 0 atom stereocenters. The van der Waals surface area contributed by atoms with Crippen molar-refractivity contribution in [1.82, 2.24) is 0 Å². The maximum atomic E-state index is 5.67. The van der Waals surface area contributed by atoms with Gasteiger partial charge in [0.05, 0.1) is 6.61 Å². The summed E-state index contributed by atoms with van der Waals surface area (Å²) in [5, 5.41) is 0. The number of hydrogen-bond donors (Lipinski definition) is 1. The zero-order valence-corrected chi connectivity index (χ0v) is 11.0. The normalized spacial score (nSPS) is 10.3. The summed E-state index contributed by atoms with van der Waals surface area (Å²) in [7, 11) is 0. The largest absolute Gasteiger partial charge is 0.493 e. The molecule has 0 saturated carbocycles. The molecule has 0 saturated heterocycles. The van der Waals surface area contributed by atoms with Crippen molar-refractivity contribution in [3.63, 3.8) is 0 Å². The van der Waals surface area contributed by atoms with E-state index in [0.717, 1.165) is 17.1 Å². The van der Waals surface area contributed by atoms with E-state index >= 15 is 0 Å². The van der Waals surface area contributed by atoms with Crippen molar-refractivity contribution in [3.05, 3.63) is 60.2 Å². The maximum absolute atomic E-state index is 5.67. The number of benzene rings is 2. The summed E-state index contributed by atoms with van der Waals surface area (Å²) >= 11 is 1.80. The number of nitrogens with two attached hydrogens (primary N) is 1. The van der Waals surface area contributed by atoms with Crippen molar-refractivity contribution >= 4 is 11.8 Å². The van der Waals surface area contributed by atoms with E-state index < -0.39 is 0 Å². The van der Waals surface area contributed by atoms with E-state index in [1.54, 1.807) is 11.8 Å². The van der Waals surface area contributed by atoms with Crippen LogP contribution in [0.5, 0.6) is 5.75 Å². The molecule has 2 nitrogen and oxygen atoms in total. The summed E-state index contributed by atoms with van der Waals surface area (Å²) in [4.78, 5) is 1.28. The summed E-state index contributed by atoms with van der Waals surface area (Å²) in [5.74, 6) is 1.85. The Bertz CT molecular complexity index is 456. The molecule has 0 spiro atoms. The van der Waals surface area contributed by atoms with Gasteiger partial charge in [0.15, 0.2) is 0 Å². The van der Waals surface area contributed by atoms with Crippen LogP contribution in [0.3, 0.4) is 0 Å². The van der Waals surface area contributed by atoms with Gasteiger partial charge in [0.1, 0.15) is 5.75 Å². The van der Waals surface area contributed by atoms with Crippen LogP contribution in [0.1, 0.15) is 5.56 Å². The number of thioether (sulfide) groups is 1. The Labute approximate surface area is 112 Å². The first-order valence-corrected chi connectivity index (χ1v) is 6.97. The molecule has 2 aromatic carbocycles. The van der Waals surface area contributed by atoms with Gasteiger partial charge in [0, 0.05) is 17.2 Å². The lowest BCUT2D eigenvalue weighted by atomic mass is 10.2. The number of rotatable bonds is 6. The third kappa shape index (κ3) is 4.09. The Balaban J connectivity index is 1.72. The highest BCUT2D eigenvalue weighted by atomic mass is 32.2. The molecule has 94 valence electrons. The maximum Gasteiger partial charge on any atom is 0.119 e. The molecule has 0 aliphatic heterocycles. The van der Waals surface area contributed by atoms with E-state index in [4.69, 9.17) is 10.5 Å². The molecule has 0 heterocycles. The molecule has 3 heteroatoms. The minimum absolute atomic E-state index is 0.574. The molecule has 0 aromatic heterocycles. The third-order valence-electron chi connectivity index (χ3n) is 2.52. The molecule has 2 N–H and O–H groups in total. The monoisotopic (exact) mass is 259 g/mol. The Morgan fingerprint density at radius 3 is 2.33 bits per heavy atom. The molecule has 0 unspecified atom stereocenters. The fourth-order valence-electron chi connectivity index (χ4n) is 1.56. The highest BCUT2D eigenvalue weighted by Crippen LogP contribution is 2.17. The van der Waals surface area contributed by atoms with Gasteiger partial charge in [0.2, 0.25) is 0 Å². The minimum atomic E-state index is 0.574. The number of hydrogen-bond acceptors (Lipinski definition) is 3. The van der Waals surface area contributed by atoms with Gasteiger partial charge >= 0.3 is 0 Å². The molecule has 0 amide bonds. The molecule has 0 aliphatic rings. The highest BCUT2D eigenvalue weighted by molar-refractivity contribution is 7.99. The highest BCUT2D eigenvalue weighted by Gasteiger charge is 1.96. The second kappa shape index (κ2) is 7.09. The van der Waals surface area contributed by atoms with Crippen molar-refractivity contribution in [2.24, 2.45) is 5.73 Å². The van der Waals surface area contributed by atoms with Crippen LogP contribution < -0.4 is 10.5 Å². The van der Waals surface area contributed by atoms with Crippen LogP contribution in [0.25, 0.3) is 0 Å². The van der Waals surface area contributed by atoms with Gasteiger partial charge < -0.3 is 10.5 Å². The zero-order valence-electron chi connectivity index (χ0n) is 10.2. The summed E-state index contributed by atoms with van der Waals surface area (Å²) in [6.45, 7) is 1.28. The molecule has 0 fully saturated rings. The van der Waals surface area contributed by atoms with Crippen LogP contribution in [0.4, 0.5) is 0 Å². The van der Waals surface area contributed by atoms with E-state index in [1.807, 2.05) is 30.3 Å². The van der Waals surface area contributed by atoms with Crippen molar-refractivity contribution in [3.8, 4) is 5.75 Å². The Hall–Kier alpha value is -1.45. The van der Waals surface area contributed by atoms with Crippen LogP contribution in [0.2, 0.25) is 0 Å². The van der Waals surface area contributed by atoms with Gasteiger partial charge in [-0.25, -0.2) is 0 Å². The van der Waals surface area contributed by atoms with Gasteiger partial charge in [-0.3, -0.25) is 0 Å². The average molecular weight is 259 g/mol. The third-order valence-corrected chi connectivity index (χ3v) is 3.50. The fourth-order valence-corrected chi connectivity index (χ4v) is 2.31. The van der Waals surface area contributed by atoms with Gasteiger partial charge in [-0.15, -0.1) is 11.8 Å². The van der Waals surface area contributed by atoms with E-state index in [2.05, 4.69) is 24.3 Å². The van der Waals surface area contributed by atoms with Gasteiger partial charge in [-0.2, -0.15) is 0 Å². The first-order chi connectivity index (χ1) is 8.88. The minimum Gasteiger partial charge on any atom is -0.493 e. The Morgan fingerprint density at radius 2 is 1.67 bits per heavy atom. The fraction of sp³-hybridized carbons (Fsp3) is 0.200. The molecule has 0 aliphatic carbocycles. The smallest absolute Gasteiger partial charge is 0.119 e. The molecule has 2 aromatic rings. The van der Waals surface area contributed by atoms with E-state index in [9.17, 15) is 0 Å². The summed E-state index contributed by atoms with van der Waals surface area (Å²) < 4.78 is 5.67. The molecule has 0 radical (unpaired) electrons. The summed E-state index contributed by atoms with van der Waals surface area (Å²) in [6.07, 6.45) is 0. The second-order valence-electron chi connectivity index (χ2n) is 3.86. The van der Waals surface area contributed by atoms with Crippen LogP contribution in [0, 0.1) is 0 Å². The van der Waals surface area contributed by atoms with Crippen LogP contribution in [-0.4, -0.2) is 12.4 Å². The first-order valence-electron chi connectivity index (χ1n) is 5.98. The zero-order chi connectivity index (χ0) is 12.6. The van der Waals surface area contributed by atoms with Gasteiger partial charge in [-0.1, -0.05) is 30.3 Å². The lowest BCUT2D eigenvalue weighted by Gasteiger charge is -2.06. The molecular formula is C15H17NOS. The van der Waals surface area contributed by atoms with Crippen molar-refractivity contribution in [2.45, 2.75) is 11.4 Å². The van der Waals surface area contributed by atoms with E-state index in [-0.39, 0.29) is 0 Å². The lowest BCUT2D eigenvalue weighted by Crippen LogP contribution is -2.01. The quantitative estimate of drug-likeness (QED) is 0.638. The van der Waals surface area contributed by atoms with E-state index in [0.29, 0.717) is 13.2 Å². The van der Waals surface area contributed by atoms with Crippen LogP contribution in [0.15, 0.2) is 59.5 Å².